The number of hydrogen-bond acceptors (Lipinski definition) is 2. The first-order valence-corrected chi connectivity index (χ1v) is 7.16. The fourth-order valence-corrected chi connectivity index (χ4v) is 2.47. The summed E-state index contributed by atoms with van der Waals surface area (Å²) in [6.07, 6.45) is 0. The van der Waals surface area contributed by atoms with E-state index in [9.17, 15) is 0 Å². The molecule has 0 aliphatic heterocycles. The minimum absolute atomic E-state index is 0.0904. The molecule has 0 saturated carbocycles. The van der Waals surface area contributed by atoms with Crippen LogP contribution in [0, 0.1) is 6.92 Å². The van der Waals surface area contributed by atoms with Crippen LogP contribution in [0.4, 0.5) is 0 Å². The average Bonchev–Trinajstić information content (AvgIpc) is 2.37. The first-order valence-electron chi connectivity index (χ1n) is 6.41. The lowest BCUT2D eigenvalue weighted by molar-refractivity contribution is 0.301. The van der Waals surface area contributed by atoms with E-state index in [2.05, 4.69) is 0 Å². The van der Waals surface area contributed by atoms with Crippen LogP contribution in [0.5, 0.6) is 5.75 Å². The summed E-state index contributed by atoms with van der Waals surface area (Å²) < 4.78 is 5.88. The van der Waals surface area contributed by atoms with Gasteiger partial charge < -0.3 is 10.5 Å². The summed E-state index contributed by atoms with van der Waals surface area (Å²) in [5.41, 5.74) is 8.84. The van der Waals surface area contributed by atoms with Gasteiger partial charge in [0.05, 0.1) is 0 Å². The lowest BCUT2D eigenvalue weighted by Crippen LogP contribution is -2.08. The van der Waals surface area contributed by atoms with E-state index in [-0.39, 0.29) is 6.04 Å². The summed E-state index contributed by atoms with van der Waals surface area (Å²) in [7, 11) is 0. The van der Waals surface area contributed by atoms with Crippen molar-refractivity contribution in [3.63, 3.8) is 0 Å². The summed E-state index contributed by atoms with van der Waals surface area (Å²) in [5, 5.41) is 1.21. The fourth-order valence-electron chi connectivity index (χ4n) is 1.96. The zero-order valence-corrected chi connectivity index (χ0v) is 13.0. The van der Waals surface area contributed by atoms with E-state index in [1.165, 1.54) is 0 Å². The molecule has 0 heterocycles. The Balaban J connectivity index is 2.25. The second kappa shape index (κ2) is 6.49. The first-order chi connectivity index (χ1) is 9.49. The van der Waals surface area contributed by atoms with Gasteiger partial charge >= 0.3 is 0 Å². The van der Waals surface area contributed by atoms with E-state index in [0.717, 1.165) is 22.4 Å². The Hall–Kier alpha value is -1.22. The molecule has 0 aliphatic rings. The summed E-state index contributed by atoms with van der Waals surface area (Å²) in [6.45, 7) is 4.27. The second-order valence-electron chi connectivity index (χ2n) is 4.82. The van der Waals surface area contributed by atoms with Crippen LogP contribution < -0.4 is 10.5 Å². The average molecular weight is 310 g/mol. The maximum Gasteiger partial charge on any atom is 0.124 e. The maximum absolute atomic E-state index is 6.14. The Morgan fingerprint density at radius 1 is 1.15 bits per heavy atom. The second-order valence-corrected chi connectivity index (χ2v) is 5.63. The molecule has 0 radical (unpaired) electrons. The topological polar surface area (TPSA) is 35.2 Å². The number of halogens is 2. The monoisotopic (exact) mass is 309 g/mol. The van der Waals surface area contributed by atoms with Gasteiger partial charge in [-0.05, 0) is 37.6 Å². The zero-order valence-electron chi connectivity index (χ0n) is 11.5. The van der Waals surface area contributed by atoms with Crippen molar-refractivity contribution in [3.05, 3.63) is 63.1 Å². The van der Waals surface area contributed by atoms with Gasteiger partial charge in [-0.15, -0.1) is 0 Å². The highest BCUT2D eigenvalue weighted by molar-refractivity contribution is 6.35. The fraction of sp³-hybridized carbons (Fsp3) is 0.250. The molecule has 0 unspecified atom stereocenters. The van der Waals surface area contributed by atoms with Crippen LogP contribution in [0.1, 0.15) is 29.7 Å². The van der Waals surface area contributed by atoms with Gasteiger partial charge in [-0.1, -0.05) is 41.4 Å². The van der Waals surface area contributed by atoms with Crippen LogP contribution in [0.25, 0.3) is 0 Å². The summed E-state index contributed by atoms with van der Waals surface area (Å²) >= 11 is 12.3. The van der Waals surface area contributed by atoms with Crippen molar-refractivity contribution in [1.82, 2.24) is 0 Å². The SMILES string of the molecule is Cc1ccc([C@@H](C)N)c(OCc2c(Cl)cccc2Cl)c1. The highest BCUT2D eigenvalue weighted by atomic mass is 35.5. The van der Waals surface area contributed by atoms with Crippen molar-refractivity contribution in [2.75, 3.05) is 0 Å². The van der Waals surface area contributed by atoms with Crippen molar-refractivity contribution >= 4 is 23.2 Å². The number of aryl methyl sites for hydroxylation is 1. The number of nitrogens with two attached hydrogens (primary N) is 1. The van der Waals surface area contributed by atoms with Crippen LogP contribution in [-0.2, 0) is 6.61 Å². The van der Waals surface area contributed by atoms with Gasteiger partial charge in [-0.25, -0.2) is 0 Å². The third-order valence-electron chi connectivity index (χ3n) is 3.09. The van der Waals surface area contributed by atoms with Crippen molar-refractivity contribution in [3.8, 4) is 5.75 Å². The Labute approximate surface area is 129 Å². The minimum Gasteiger partial charge on any atom is -0.488 e. The highest BCUT2D eigenvalue weighted by Gasteiger charge is 2.11. The smallest absolute Gasteiger partial charge is 0.124 e. The molecular weight excluding hydrogens is 293 g/mol. The molecule has 2 rings (SSSR count). The summed E-state index contributed by atoms with van der Waals surface area (Å²) in [6, 6.07) is 11.3. The summed E-state index contributed by atoms with van der Waals surface area (Å²) in [5.74, 6) is 0.774. The standard InChI is InChI=1S/C16H17Cl2NO/c1-10-6-7-12(11(2)19)16(8-10)20-9-13-14(17)4-3-5-15(13)18/h3-8,11H,9,19H2,1-2H3/t11-/m1/s1. The van der Waals surface area contributed by atoms with Gasteiger partial charge in [0, 0.05) is 27.2 Å². The third-order valence-corrected chi connectivity index (χ3v) is 3.80. The zero-order chi connectivity index (χ0) is 14.7. The van der Waals surface area contributed by atoms with Gasteiger partial charge in [-0.2, -0.15) is 0 Å². The molecule has 4 heteroatoms. The highest BCUT2D eigenvalue weighted by Crippen LogP contribution is 2.29. The van der Waals surface area contributed by atoms with Crippen LogP contribution in [0.2, 0.25) is 10.0 Å². The molecule has 20 heavy (non-hydrogen) atoms. The summed E-state index contributed by atoms with van der Waals surface area (Å²) in [4.78, 5) is 0. The molecule has 2 aromatic rings. The molecule has 0 amide bonds. The van der Waals surface area contributed by atoms with E-state index in [1.807, 2.05) is 38.1 Å². The Bertz CT molecular complexity index is 591. The number of hydrogen-bond donors (Lipinski definition) is 1. The van der Waals surface area contributed by atoms with Crippen molar-refractivity contribution in [1.29, 1.82) is 0 Å². The quantitative estimate of drug-likeness (QED) is 0.871. The molecule has 0 aliphatic carbocycles. The maximum atomic E-state index is 6.14. The van der Waals surface area contributed by atoms with Crippen LogP contribution in [-0.4, -0.2) is 0 Å². The number of ether oxygens (including phenoxy) is 1. The lowest BCUT2D eigenvalue weighted by atomic mass is 10.1. The third kappa shape index (κ3) is 3.45. The molecule has 0 aromatic heterocycles. The molecule has 2 aromatic carbocycles. The Morgan fingerprint density at radius 2 is 1.80 bits per heavy atom. The molecular formula is C16H17Cl2NO. The normalized spacial score (nSPS) is 12.2. The van der Waals surface area contributed by atoms with Crippen LogP contribution >= 0.6 is 23.2 Å². The van der Waals surface area contributed by atoms with E-state index in [0.29, 0.717) is 16.7 Å². The van der Waals surface area contributed by atoms with E-state index >= 15 is 0 Å². The van der Waals surface area contributed by atoms with Crippen LogP contribution in [0.3, 0.4) is 0 Å². The molecule has 1 atom stereocenters. The molecule has 0 spiro atoms. The number of rotatable bonds is 4. The van der Waals surface area contributed by atoms with Gasteiger partial charge in [-0.3, -0.25) is 0 Å². The Morgan fingerprint density at radius 3 is 2.40 bits per heavy atom. The molecule has 2 nitrogen and oxygen atoms in total. The van der Waals surface area contributed by atoms with Crippen molar-refractivity contribution < 1.29 is 4.74 Å². The predicted molar refractivity (Wildman–Crippen MR) is 84.6 cm³/mol. The van der Waals surface area contributed by atoms with Gasteiger partial charge in [0.2, 0.25) is 0 Å². The van der Waals surface area contributed by atoms with Gasteiger partial charge in [0.15, 0.2) is 0 Å². The van der Waals surface area contributed by atoms with Gasteiger partial charge in [0.1, 0.15) is 12.4 Å². The molecule has 2 N–H and O–H groups in total. The van der Waals surface area contributed by atoms with E-state index in [1.54, 1.807) is 12.1 Å². The molecule has 0 saturated heterocycles. The lowest BCUT2D eigenvalue weighted by Gasteiger charge is -2.16. The van der Waals surface area contributed by atoms with Crippen LogP contribution in [0.15, 0.2) is 36.4 Å². The molecule has 0 fully saturated rings. The van der Waals surface area contributed by atoms with Crippen molar-refractivity contribution in [2.45, 2.75) is 26.5 Å². The minimum atomic E-state index is -0.0904. The molecule has 0 bridgehead atoms. The Kier molecular flexibility index (Phi) is 4.92. The number of benzene rings is 2. The van der Waals surface area contributed by atoms with Crippen molar-refractivity contribution in [2.24, 2.45) is 5.73 Å². The first kappa shape index (κ1) is 15.2. The predicted octanol–water partition coefficient (Wildman–Crippen LogP) is 4.90. The van der Waals surface area contributed by atoms with E-state index in [4.69, 9.17) is 33.7 Å². The van der Waals surface area contributed by atoms with Gasteiger partial charge in [0.25, 0.3) is 0 Å². The van der Waals surface area contributed by atoms with E-state index < -0.39 is 0 Å². The molecule has 106 valence electrons. The largest absolute Gasteiger partial charge is 0.488 e.